The van der Waals surface area contributed by atoms with Crippen LogP contribution >= 0.6 is 0 Å². The molecule has 0 radical (unpaired) electrons. The molecule has 0 spiro atoms. The van der Waals surface area contributed by atoms with Crippen LogP contribution in [0.2, 0.25) is 0 Å². The summed E-state index contributed by atoms with van der Waals surface area (Å²) in [6.07, 6.45) is 7.35. The molecule has 0 unspecified atom stereocenters. The Kier molecular flexibility index (Phi) is 13.6. The quantitative estimate of drug-likeness (QED) is 0.118. The maximum atomic E-state index is 12.6. The van der Waals surface area contributed by atoms with Gasteiger partial charge in [0, 0.05) is 35.5 Å². The van der Waals surface area contributed by atoms with Gasteiger partial charge in [0.15, 0.2) is 0 Å². The molecule has 280 valence electrons. The highest BCUT2D eigenvalue weighted by atomic mass is 32.2. The second kappa shape index (κ2) is 18.1. The van der Waals surface area contributed by atoms with Crippen molar-refractivity contribution >= 4 is 31.4 Å². The van der Waals surface area contributed by atoms with Gasteiger partial charge in [0.1, 0.15) is 11.5 Å². The van der Waals surface area contributed by atoms with Crippen LogP contribution in [0.4, 0.5) is 11.4 Å². The van der Waals surface area contributed by atoms with Crippen molar-refractivity contribution in [2.24, 2.45) is 0 Å². The van der Waals surface area contributed by atoms with Crippen molar-refractivity contribution in [1.82, 2.24) is 9.44 Å². The van der Waals surface area contributed by atoms with Gasteiger partial charge < -0.3 is 20.1 Å². The van der Waals surface area contributed by atoms with Gasteiger partial charge in [-0.05, 0) is 138 Å². The number of aryl methyl sites for hydroxylation is 2. The van der Waals surface area contributed by atoms with Crippen LogP contribution in [0.1, 0.15) is 62.5 Å². The van der Waals surface area contributed by atoms with Gasteiger partial charge in [-0.2, -0.15) is 0 Å². The van der Waals surface area contributed by atoms with E-state index in [1.165, 1.54) is 0 Å². The Bertz CT molecular complexity index is 1780. The number of rotatable bonds is 12. The number of methoxy groups -OCH3 is 2. The van der Waals surface area contributed by atoms with Crippen molar-refractivity contribution in [2.45, 2.75) is 99.2 Å². The predicted octanol–water partition coefficient (Wildman–Crippen LogP) is 7.41. The molecule has 6 rings (SSSR count). The Labute approximate surface area is 309 Å². The fourth-order valence-corrected chi connectivity index (χ4v) is 9.28. The Morgan fingerprint density at radius 3 is 1.13 bits per heavy atom. The van der Waals surface area contributed by atoms with E-state index in [0.29, 0.717) is 9.79 Å². The average molecular weight is 749 g/mol. The zero-order valence-corrected chi connectivity index (χ0v) is 32.1. The van der Waals surface area contributed by atoms with E-state index in [-0.39, 0.29) is 24.2 Å². The third-order valence-corrected chi connectivity index (χ3v) is 12.6. The molecule has 10 nitrogen and oxygen atoms in total. The molecule has 4 atom stereocenters. The van der Waals surface area contributed by atoms with Crippen molar-refractivity contribution in [3.8, 4) is 11.5 Å². The van der Waals surface area contributed by atoms with E-state index in [2.05, 4.69) is 20.1 Å². The molecule has 4 N–H and O–H groups in total. The molecular formula is C40H52N4O6S2. The number of benzene rings is 4. The summed E-state index contributed by atoms with van der Waals surface area (Å²) in [5.41, 5.74) is 4.14. The molecule has 0 amide bonds. The van der Waals surface area contributed by atoms with Gasteiger partial charge in [-0.1, -0.05) is 35.4 Å². The van der Waals surface area contributed by atoms with E-state index in [0.717, 1.165) is 85.4 Å². The van der Waals surface area contributed by atoms with E-state index < -0.39 is 20.0 Å². The zero-order chi connectivity index (χ0) is 37.1. The minimum absolute atomic E-state index is 0.0502. The number of sulfonamides is 2. The minimum atomic E-state index is -3.48. The highest BCUT2D eigenvalue weighted by Crippen LogP contribution is 2.27. The lowest BCUT2D eigenvalue weighted by Gasteiger charge is -2.31. The lowest BCUT2D eigenvalue weighted by atomic mass is 9.91. The summed E-state index contributed by atoms with van der Waals surface area (Å²) in [7, 11) is -3.66. The lowest BCUT2D eigenvalue weighted by Crippen LogP contribution is -2.41. The number of anilines is 2. The van der Waals surface area contributed by atoms with Crippen LogP contribution in [0.3, 0.4) is 0 Å². The molecule has 0 bridgehead atoms. The van der Waals surface area contributed by atoms with Crippen LogP contribution in [0.15, 0.2) is 107 Å². The van der Waals surface area contributed by atoms with Gasteiger partial charge in [0.2, 0.25) is 20.0 Å². The maximum absolute atomic E-state index is 12.6. The smallest absolute Gasteiger partial charge is 0.240 e. The summed E-state index contributed by atoms with van der Waals surface area (Å²) in [6.45, 7) is 3.89. The fourth-order valence-electron chi connectivity index (χ4n) is 6.71. The van der Waals surface area contributed by atoms with Crippen LogP contribution in [-0.2, 0) is 20.0 Å². The molecule has 4 aromatic carbocycles. The number of hydrogen-bond donors (Lipinski definition) is 4. The summed E-state index contributed by atoms with van der Waals surface area (Å²) in [5, 5.41) is 7.01. The van der Waals surface area contributed by atoms with Gasteiger partial charge in [-0.25, -0.2) is 26.3 Å². The van der Waals surface area contributed by atoms with Crippen LogP contribution < -0.4 is 29.6 Å². The molecule has 2 saturated carbocycles. The molecule has 2 aliphatic carbocycles. The van der Waals surface area contributed by atoms with E-state index in [4.69, 9.17) is 9.47 Å². The van der Waals surface area contributed by atoms with Crippen LogP contribution in [-0.4, -0.2) is 55.2 Å². The van der Waals surface area contributed by atoms with Crippen molar-refractivity contribution in [3.05, 3.63) is 108 Å². The van der Waals surface area contributed by atoms with Crippen molar-refractivity contribution in [1.29, 1.82) is 0 Å². The van der Waals surface area contributed by atoms with Gasteiger partial charge >= 0.3 is 0 Å². The maximum Gasteiger partial charge on any atom is 0.240 e. The van der Waals surface area contributed by atoms with E-state index in [1.54, 1.807) is 38.5 Å². The largest absolute Gasteiger partial charge is 0.497 e. The van der Waals surface area contributed by atoms with E-state index >= 15 is 0 Å². The third kappa shape index (κ3) is 11.4. The minimum Gasteiger partial charge on any atom is -0.497 e. The Hall–Kier alpha value is -4.10. The first-order valence-electron chi connectivity index (χ1n) is 17.9. The first-order valence-corrected chi connectivity index (χ1v) is 20.9. The average Bonchev–Trinajstić information content (AvgIpc) is 3.13. The van der Waals surface area contributed by atoms with Gasteiger partial charge in [0.05, 0.1) is 24.0 Å². The molecule has 4 aromatic rings. The van der Waals surface area contributed by atoms with Crippen molar-refractivity contribution in [3.63, 3.8) is 0 Å². The van der Waals surface area contributed by atoms with E-state index in [9.17, 15) is 16.8 Å². The Morgan fingerprint density at radius 2 is 0.808 bits per heavy atom. The highest BCUT2D eigenvalue weighted by Gasteiger charge is 2.28. The first-order chi connectivity index (χ1) is 24.9. The monoisotopic (exact) mass is 748 g/mol. The summed E-state index contributed by atoms with van der Waals surface area (Å²) in [4.78, 5) is 0.654. The molecule has 0 saturated heterocycles. The van der Waals surface area contributed by atoms with Crippen molar-refractivity contribution < 1.29 is 26.3 Å². The van der Waals surface area contributed by atoms with Crippen LogP contribution in [0, 0.1) is 13.8 Å². The van der Waals surface area contributed by atoms with Gasteiger partial charge in [0.25, 0.3) is 0 Å². The first kappa shape index (κ1) is 39.1. The molecule has 2 aliphatic rings. The Balaban J connectivity index is 0.000000201. The second-order valence-corrected chi connectivity index (χ2v) is 17.2. The van der Waals surface area contributed by atoms with Crippen LogP contribution in [0.5, 0.6) is 11.5 Å². The molecule has 0 heterocycles. The molecule has 52 heavy (non-hydrogen) atoms. The summed E-state index contributed by atoms with van der Waals surface area (Å²) >= 11 is 0. The molecule has 2 fully saturated rings. The Morgan fingerprint density at radius 1 is 0.481 bits per heavy atom. The van der Waals surface area contributed by atoms with Gasteiger partial charge in [-0.15, -0.1) is 0 Å². The summed E-state index contributed by atoms with van der Waals surface area (Å²) in [5.74, 6) is 1.64. The number of hydrogen-bond acceptors (Lipinski definition) is 8. The number of ether oxygens (including phenoxy) is 2. The molecule has 0 aromatic heterocycles. The number of nitrogens with one attached hydrogen (secondary N) is 4. The van der Waals surface area contributed by atoms with Crippen molar-refractivity contribution in [2.75, 3.05) is 24.9 Å². The SMILES string of the molecule is COc1ccc(N[C@H]2CCC[C@@H](NS(=O)(=O)c3ccc(C)cc3)C2)cc1.COc1ccc(N[C@H]2CCC[C@@H](NS(=O)(=O)c3ccc(C)cc3)C2)cc1. The molecular weight excluding hydrogens is 697 g/mol. The standard InChI is InChI=1S/2C20H26N2O3S/c2*1-15-6-12-20(13-7-15)26(23,24)22-18-5-3-4-17(14-18)21-16-8-10-19(25-2)11-9-16/h2*6-13,17-18,21-22H,3-5,14H2,1-2H3/t2*17-,18+/m00/s1. The summed E-state index contributed by atoms with van der Waals surface area (Å²) < 4.78 is 66.5. The fraction of sp³-hybridized carbons (Fsp3) is 0.400. The lowest BCUT2D eigenvalue weighted by molar-refractivity contribution is 0.385. The van der Waals surface area contributed by atoms with E-state index in [1.807, 2.05) is 86.6 Å². The zero-order valence-electron chi connectivity index (χ0n) is 30.5. The third-order valence-electron chi connectivity index (χ3n) is 9.58. The summed E-state index contributed by atoms with van der Waals surface area (Å²) in [6, 6.07) is 30.0. The highest BCUT2D eigenvalue weighted by molar-refractivity contribution is 7.89. The van der Waals surface area contributed by atoms with Gasteiger partial charge in [-0.3, -0.25) is 0 Å². The predicted molar refractivity (Wildman–Crippen MR) is 208 cm³/mol. The normalized spacial score (nSPS) is 20.5. The second-order valence-electron chi connectivity index (χ2n) is 13.7. The molecule has 0 aliphatic heterocycles. The van der Waals surface area contributed by atoms with Crippen LogP contribution in [0.25, 0.3) is 0 Å². The topological polar surface area (TPSA) is 135 Å². The molecule has 12 heteroatoms.